The number of carbonyl (C=O) groups excluding carboxylic acids is 1. The number of ether oxygens (including phenoxy) is 1. The van der Waals surface area contributed by atoms with Gasteiger partial charge >= 0.3 is 12.1 Å². The van der Waals surface area contributed by atoms with Crippen LogP contribution in [0.1, 0.15) is 16.9 Å². The zero-order valence-corrected chi connectivity index (χ0v) is 16.5. The van der Waals surface area contributed by atoms with Crippen molar-refractivity contribution in [2.45, 2.75) is 6.18 Å². The number of alkyl halides is 3. The fourth-order valence-corrected chi connectivity index (χ4v) is 3.14. The molecule has 0 amide bonds. The van der Waals surface area contributed by atoms with E-state index in [0.29, 0.717) is 0 Å². The number of benzene rings is 2. The molecule has 0 unspecified atom stereocenters. The van der Waals surface area contributed by atoms with Crippen LogP contribution in [-0.2, 0) is 15.7 Å². The van der Waals surface area contributed by atoms with Crippen molar-refractivity contribution in [2.24, 2.45) is 4.99 Å². The van der Waals surface area contributed by atoms with Crippen LogP contribution >= 0.6 is 11.6 Å². The summed E-state index contributed by atoms with van der Waals surface area (Å²) in [6, 6.07) is 11.1. The Morgan fingerprint density at radius 3 is 2.56 bits per heavy atom. The number of hydrogen-bond donors (Lipinski definition) is 0. The van der Waals surface area contributed by atoms with Crippen LogP contribution in [0, 0.1) is 10.1 Å². The van der Waals surface area contributed by atoms with E-state index in [-0.39, 0.29) is 45.0 Å². The number of nitro benzene ring substituents is 1. The van der Waals surface area contributed by atoms with Crippen LogP contribution in [0.25, 0.3) is 17.4 Å². The number of non-ortho nitro benzene ring substituents is 1. The first-order valence-corrected chi connectivity index (χ1v) is 9.24. The topological polar surface area (TPSA) is 94.9 Å². The third-order valence-corrected chi connectivity index (χ3v) is 4.71. The van der Waals surface area contributed by atoms with E-state index in [1.807, 2.05) is 0 Å². The van der Waals surface area contributed by atoms with Gasteiger partial charge in [-0.3, -0.25) is 10.1 Å². The molecule has 0 atom stereocenters. The van der Waals surface area contributed by atoms with E-state index < -0.39 is 22.6 Å². The van der Waals surface area contributed by atoms with Crippen molar-refractivity contribution >= 4 is 35.2 Å². The van der Waals surface area contributed by atoms with Crippen molar-refractivity contribution in [3.05, 3.63) is 92.3 Å². The molecule has 1 aromatic heterocycles. The Labute approximate surface area is 182 Å². The normalized spacial score (nSPS) is 15.1. The molecule has 0 fully saturated rings. The summed E-state index contributed by atoms with van der Waals surface area (Å²) < 4.78 is 49.4. The lowest BCUT2D eigenvalue weighted by molar-refractivity contribution is -0.384. The van der Waals surface area contributed by atoms with Crippen molar-refractivity contribution in [1.82, 2.24) is 0 Å². The highest BCUT2D eigenvalue weighted by Gasteiger charge is 2.31. The Balaban J connectivity index is 1.62. The zero-order valence-electron chi connectivity index (χ0n) is 15.7. The number of furan rings is 1. The molecule has 0 saturated carbocycles. The molecule has 3 aromatic rings. The van der Waals surface area contributed by atoms with Gasteiger partial charge in [-0.05, 0) is 30.3 Å². The maximum Gasteiger partial charge on any atom is 0.416 e. The molecule has 0 saturated heterocycles. The molecule has 2 heterocycles. The molecule has 0 aliphatic carbocycles. The van der Waals surface area contributed by atoms with Gasteiger partial charge in [-0.15, -0.1) is 0 Å². The van der Waals surface area contributed by atoms with E-state index in [4.69, 9.17) is 20.8 Å². The standard InChI is InChI=1S/C21H10ClF3N2O5/c22-16-9-13(27(29)30)4-6-15(16)19-26-17(20(28)32-19)10-14-5-7-18(31-14)11-2-1-3-12(8-11)21(23,24)25/h1-10H/b17-10+. The summed E-state index contributed by atoms with van der Waals surface area (Å²) in [5.41, 5.74) is -0.810. The summed E-state index contributed by atoms with van der Waals surface area (Å²) in [6.07, 6.45) is -3.24. The van der Waals surface area contributed by atoms with Crippen molar-refractivity contribution in [1.29, 1.82) is 0 Å². The third-order valence-electron chi connectivity index (χ3n) is 4.39. The first-order chi connectivity index (χ1) is 15.1. The van der Waals surface area contributed by atoms with Gasteiger partial charge in [0.25, 0.3) is 5.69 Å². The number of esters is 1. The van der Waals surface area contributed by atoms with Crippen molar-refractivity contribution in [3.8, 4) is 11.3 Å². The molecule has 7 nitrogen and oxygen atoms in total. The summed E-state index contributed by atoms with van der Waals surface area (Å²) in [6.45, 7) is 0. The second kappa shape index (κ2) is 7.97. The minimum atomic E-state index is -4.49. The van der Waals surface area contributed by atoms with E-state index in [1.165, 1.54) is 42.5 Å². The van der Waals surface area contributed by atoms with Gasteiger partial charge in [0.1, 0.15) is 11.5 Å². The number of rotatable bonds is 4. The van der Waals surface area contributed by atoms with Crippen LogP contribution in [0.3, 0.4) is 0 Å². The van der Waals surface area contributed by atoms with Gasteiger partial charge in [0.05, 0.1) is 21.1 Å². The largest absolute Gasteiger partial charge is 0.457 e. The minimum absolute atomic E-state index is 0.0307. The van der Waals surface area contributed by atoms with Crippen LogP contribution < -0.4 is 0 Å². The predicted molar refractivity (Wildman–Crippen MR) is 108 cm³/mol. The highest BCUT2D eigenvalue weighted by Crippen LogP contribution is 2.33. The maximum absolute atomic E-state index is 12.9. The summed E-state index contributed by atoms with van der Waals surface area (Å²) in [7, 11) is 0. The molecule has 0 spiro atoms. The second-order valence-electron chi connectivity index (χ2n) is 6.54. The number of nitro groups is 1. The summed E-state index contributed by atoms with van der Waals surface area (Å²) in [5, 5.41) is 10.8. The Morgan fingerprint density at radius 2 is 1.88 bits per heavy atom. The highest BCUT2D eigenvalue weighted by molar-refractivity contribution is 6.34. The van der Waals surface area contributed by atoms with Gasteiger partial charge in [0.2, 0.25) is 5.90 Å². The van der Waals surface area contributed by atoms with Crippen LogP contribution in [0.5, 0.6) is 0 Å². The molecular weight excluding hydrogens is 453 g/mol. The average Bonchev–Trinajstić information content (AvgIpc) is 3.34. The third kappa shape index (κ3) is 4.26. The average molecular weight is 463 g/mol. The zero-order chi connectivity index (χ0) is 23.0. The molecular formula is C21H10ClF3N2O5. The fourth-order valence-electron chi connectivity index (χ4n) is 2.88. The summed E-state index contributed by atoms with van der Waals surface area (Å²) >= 11 is 6.03. The van der Waals surface area contributed by atoms with Crippen LogP contribution in [0.15, 0.2) is 69.7 Å². The van der Waals surface area contributed by atoms with Gasteiger partial charge in [0.15, 0.2) is 5.70 Å². The molecule has 1 aliphatic rings. The van der Waals surface area contributed by atoms with Crippen molar-refractivity contribution in [2.75, 3.05) is 0 Å². The molecule has 0 radical (unpaired) electrons. The fraction of sp³-hybridized carbons (Fsp3) is 0.0476. The van der Waals surface area contributed by atoms with Crippen molar-refractivity contribution < 1.29 is 32.0 Å². The Bertz CT molecular complexity index is 1310. The van der Waals surface area contributed by atoms with Gasteiger partial charge < -0.3 is 9.15 Å². The lowest BCUT2D eigenvalue weighted by Crippen LogP contribution is -2.06. The molecule has 0 bridgehead atoms. The molecule has 11 heteroatoms. The van der Waals surface area contributed by atoms with Gasteiger partial charge in [-0.1, -0.05) is 23.7 Å². The quantitative estimate of drug-likeness (QED) is 0.209. The first kappa shape index (κ1) is 21.3. The van der Waals surface area contributed by atoms with E-state index in [9.17, 15) is 28.1 Å². The van der Waals surface area contributed by atoms with E-state index in [2.05, 4.69) is 4.99 Å². The lowest BCUT2D eigenvalue weighted by Gasteiger charge is -2.07. The molecule has 0 N–H and O–H groups in total. The number of cyclic esters (lactones) is 1. The van der Waals surface area contributed by atoms with E-state index in [1.54, 1.807) is 0 Å². The SMILES string of the molecule is O=C1OC(c2ccc([N+](=O)[O-])cc2Cl)=N/C1=C/c1ccc(-c2cccc(C(F)(F)F)c2)o1. The number of nitrogens with zero attached hydrogens (tertiary/aromatic N) is 2. The first-order valence-electron chi connectivity index (χ1n) is 8.86. The molecule has 4 rings (SSSR count). The van der Waals surface area contributed by atoms with Crippen molar-refractivity contribution in [3.63, 3.8) is 0 Å². The number of carbonyl (C=O) groups is 1. The summed E-state index contributed by atoms with van der Waals surface area (Å²) in [4.78, 5) is 26.4. The van der Waals surface area contributed by atoms with Crippen LogP contribution in [0.4, 0.5) is 18.9 Å². The predicted octanol–water partition coefficient (Wildman–Crippen LogP) is 5.87. The molecule has 1 aliphatic heterocycles. The van der Waals surface area contributed by atoms with E-state index >= 15 is 0 Å². The highest BCUT2D eigenvalue weighted by atomic mass is 35.5. The molecule has 32 heavy (non-hydrogen) atoms. The molecule has 162 valence electrons. The summed E-state index contributed by atoms with van der Waals surface area (Å²) in [5.74, 6) is -0.640. The number of aliphatic imine (C=N–C) groups is 1. The van der Waals surface area contributed by atoms with Gasteiger partial charge in [-0.2, -0.15) is 13.2 Å². The Kier molecular flexibility index (Phi) is 5.31. The van der Waals surface area contributed by atoms with Crippen LogP contribution in [-0.4, -0.2) is 16.8 Å². The van der Waals surface area contributed by atoms with Gasteiger partial charge in [0, 0.05) is 23.8 Å². The molecule has 2 aromatic carbocycles. The van der Waals surface area contributed by atoms with Crippen LogP contribution in [0.2, 0.25) is 5.02 Å². The maximum atomic E-state index is 12.9. The number of hydrogen-bond acceptors (Lipinski definition) is 6. The smallest absolute Gasteiger partial charge is 0.416 e. The van der Waals surface area contributed by atoms with Gasteiger partial charge in [-0.25, -0.2) is 9.79 Å². The Hall–Kier alpha value is -3.92. The second-order valence-corrected chi connectivity index (χ2v) is 6.95. The lowest BCUT2D eigenvalue weighted by atomic mass is 10.1. The van der Waals surface area contributed by atoms with E-state index in [0.717, 1.165) is 18.2 Å². The Morgan fingerprint density at radius 1 is 1.09 bits per heavy atom. The number of halogens is 4. The minimum Gasteiger partial charge on any atom is -0.457 e. The monoisotopic (exact) mass is 462 g/mol.